The van der Waals surface area contributed by atoms with E-state index in [-0.39, 0.29) is 0 Å². The number of hydrogen-bond acceptors (Lipinski definition) is 2. The van der Waals surface area contributed by atoms with Crippen LogP contribution in [-0.4, -0.2) is 6.21 Å². The third-order valence-corrected chi connectivity index (χ3v) is 4.36. The molecule has 0 saturated carbocycles. The van der Waals surface area contributed by atoms with Crippen LogP contribution in [0.1, 0.15) is 16.7 Å². The molecule has 126 valence electrons. The van der Waals surface area contributed by atoms with Crippen molar-refractivity contribution < 1.29 is 4.74 Å². The average Bonchev–Trinajstić information content (AvgIpc) is 2.63. The summed E-state index contributed by atoms with van der Waals surface area (Å²) in [5, 5.41) is 1.39. The van der Waals surface area contributed by atoms with E-state index in [9.17, 15) is 0 Å². The van der Waals surface area contributed by atoms with Crippen LogP contribution in [-0.2, 0) is 6.61 Å². The molecule has 4 heteroatoms. The van der Waals surface area contributed by atoms with E-state index in [2.05, 4.69) is 4.99 Å². The lowest BCUT2D eigenvalue weighted by Crippen LogP contribution is -1.96. The zero-order valence-electron chi connectivity index (χ0n) is 13.7. The van der Waals surface area contributed by atoms with Gasteiger partial charge in [0.25, 0.3) is 0 Å². The van der Waals surface area contributed by atoms with Crippen LogP contribution in [0, 0.1) is 6.92 Å². The lowest BCUT2D eigenvalue weighted by molar-refractivity contribution is 0.306. The molecule has 0 aliphatic heterocycles. The number of ether oxygens (including phenoxy) is 1. The van der Waals surface area contributed by atoms with Gasteiger partial charge in [-0.25, -0.2) is 0 Å². The van der Waals surface area contributed by atoms with Crippen molar-refractivity contribution in [2.24, 2.45) is 4.99 Å². The predicted molar refractivity (Wildman–Crippen MR) is 106 cm³/mol. The lowest BCUT2D eigenvalue weighted by Gasteiger charge is -2.07. The van der Waals surface area contributed by atoms with Crippen LogP contribution in [0.5, 0.6) is 5.75 Å². The van der Waals surface area contributed by atoms with Crippen LogP contribution in [0.3, 0.4) is 0 Å². The van der Waals surface area contributed by atoms with E-state index in [1.54, 1.807) is 0 Å². The molecule has 3 aromatic rings. The van der Waals surface area contributed by atoms with Crippen molar-refractivity contribution in [3.05, 3.63) is 93.5 Å². The molecule has 0 atom stereocenters. The monoisotopic (exact) mass is 369 g/mol. The number of halogens is 2. The second-order valence-corrected chi connectivity index (χ2v) is 6.48. The first-order valence-corrected chi connectivity index (χ1v) is 8.64. The molecule has 0 amide bonds. The molecule has 0 unspecified atom stereocenters. The summed E-state index contributed by atoms with van der Waals surface area (Å²) in [7, 11) is 0. The summed E-state index contributed by atoms with van der Waals surface area (Å²) in [6.45, 7) is 2.45. The van der Waals surface area contributed by atoms with Crippen LogP contribution < -0.4 is 4.74 Å². The van der Waals surface area contributed by atoms with Gasteiger partial charge in [0.1, 0.15) is 12.4 Å². The molecule has 0 N–H and O–H groups in total. The smallest absolute Gasteiger partial charge is 0.119 e. The molecule has 0 saturated heterocycles. The van der Waals surface area contributed by atoms with E-state index >= 15 is 0 Å². The number of benzene rings is 3. The summed E-state index contributed by atoms with van der Waals surface area (Å²) in [6.07, 6.45) is 1.82. The van der Waals surface area contributed by atoms with Crippen molar-refractivity contribution in [2.75, 3.05) is 0 Å². The first kappa shape index (κ1) is 17.5. The molecule has 0 bridgehead atoms. The molecule has 0 aliphatic carbocycles. The van der Waals surface area contributed by atoms with E-state index in [0.29, 0.717) is 16.7 Å². The van der Waals surface area contributed by atoms with Gasteiger partial charge in [0.2, 0.25) is 0 Å². The van der Waals surface area contributed by atoms with Gasteiger partial charge >= 0.3 is 0 Å². The highest BCUT2D eigenvalue weighted by molar-refractivity contribution is 6.31. The van der Waals surface area contributed by atoms with Gasteiger partial charge in [-0.15, -0.1) is 0 Å². The molecule has 0 aromatic heterocycles. The van der Waals surface area contributed by atoms with Gasteiger partial charge in [-0.2, -0.15) is 0 Å². The van der Waals surface area contributed by atoms with Gasteiger partial charge in [0, 0.05) is 21.8 Å². The first-order chi connectivity index (χ1) is 12.1. The van der Waals surface area contributed by atoms with Crippen molar-refractivity contribution in [2.45, 2.75) is 13.5 Å². The highest BCUT2D eigenvalue weighted by atomic mass is 35.5. The number of hydrogen-bond donors (Lipinski definition) is 0. The van der Waals surface area contributed by atoms with Crippen LogP contribution in [0.4, 0.5) is 5.69 Å². The second kappa shape index (κ2) is 8.19. The van der Waals surface area contributed by atoms with E-state index < -0.39 is 0 Å². The minimum atomic E-state index is 0.439. The molecule has 3 rings (SSSR count). The topological polar surface area (TPSA) is 21.6 Å². The van der Waals surface area contributed by atoms with Crippen LogP contribution in [0.25, 0.3) is 0 Å². The number of rotatable bonds is 5. The van der Waals surface area contributed by atoms with Crippen molar-refractivity contribution in [3.63, 3.8) is 0 Å². The van der Waals surface area contributed by atoms with E-state index in [1.807, 2.05) is 79.9 Å². The fourth-order valence-electron chi connectivity index (χ4n) is 2.29. The molecule has 0 heterocycles. The van der Waals surface area contributed by atoms with Gasteiger partial charge < -0.3 is 4.74 Å². The molecular formula is C21H17Cl2NO. The maximum absolute atomic E-state index is 6.13. The standard InChI is InChI=1S/C21H17Cl2NO/c1-15-6-9-18(22)12-21(15)24-13-16-7-10-19(11-8-16)25-14-17-4-2-3-5-20(17)23/h2-13H,14H2,1H3. The van der Waals surface area contributed by atoms with E-state index in [0.717, 1.165) is 28.1 Å². The molecule has 0 spiro atoms. The Morgan fingerprint density at radius 2 is 1.72 bits per heavy atom. The molecule has 0 aliphatic rings. The molecular weight excluding hydrogens is 353 g/mol. The first-order valence-electron chi connectivity index (χ1n) is 7.88. The van der Waals surface area contributed by atoms with Crippen molar-refractivity contribution in [1.29, 1.82) is 0 Å². The Labute approximate surface area is 157 Å². The van der Waals surface area contributed by atoms with Gasteiger partial charge in [-0.1, -0.05) is 47.5 Å². The van der Waals surface area contributed by atoms with Gasteiger partial charge in [-0.3, -0.25) is 4.99 Å². The highest BCUT2D eigenvalue weighted by Gasteiger charge is 2.01. The van der Waals surface area contributed by atoms with Crippen molar-refractivity contribution in [1.82, 2.24) is 0 Å². The molecule has 0 fully saturated rings. The average molecular weight is 370 g/mol. The summed E-state index contributed by atoms with van der Waals surface area (Å²) in [4.78, 5) is 4.50. The van der Waals surface area contributed by atoms with Crippen LogP contribution >= 0.6 is 23.2 Å². The van der Waals surface area contributed by atoms with E-state index in [1.165, 1.54) is 0 Å². The molecule has 25 heavy (non-hydrogen) atoms. The maximum atomic E-state index is 6.13. The predicted octanol–water partition coefficient (Wildman–Crippen LogP) is 6.63. The Balaban J connectivity index is 1.65. The van der Waals surface area contributed by atoms with E-state index in [4.69, 9.17) is 27.9 Å². The Bertz CT molecular complexity index is 889. The number of nitrogens with zero attached hydrogens (tertiary/aromatic N) is 1. The van der Waals surface area contributed by atoms with Gasteiger partial charge in [0.05, 0.1) is 5.69 Å². The SMILES string of the molecule is Cc1ccc(Cl)cc1N=Cc1ccc(OCc2ccccc2Cl)cc1. The van der Waals surface area contributed by atoms with Crippen molar-refractivity contribution in [3.8, 4) is 5.75 Å². The summed E-state index contributed by atoms with van der Waals surface area (Å²) in [5.41, 5.74) is 3.91. The molecule has 2 nitrogen and oxygen atoms in total. The Morgan fingerprint density at radius 3 is 2.48 bits per heavy atom. The number of aryl methyl sites for hydroxylation is 1. The molecule has 0 radical (unpaired) electrons. The third-order valence-electron chi connectivity index (χ3n) is 3.76. The second-order valence-electron chi connectivity index (χ2n) is 5.64. The summed E-state index contributed by atoms with van der Waals surface area (Å²) in [6, 6.07) is 21.1. The summed E-state index contributed by atoms with van der Waals surface area (Å²) in [5.74, 6) is 0.788. The quantitative estimate of drug-likeness (QED) is 0.462. The van der Waals surface area contributed by atoms with Gasteiger partial charge in [-0.05, 0) is 60.5 Å². The Hall–Kier alpha value is -2.29. The molecule has 3 aromatic carbocycles. The Morgan fingerprint density at radius 1 is 0.960 bits per heavy atom. The normalized spacial score (nSPS) is 11.0. The highest BCUT2D eigenvalue weighted by Crippen LogP contribution is 2.23. The minimum Gasteiger partial charge on any atom is -0.489 e. The van der Waals surface area contributed by atoms with Crippen LogP contribution in [0.15, 0.2) is 71.7 Å². The lowest BCUT2D eigenvalue weighted by atomic mass is 10.2. The zero-order chi connectivity index (χ0) is 17.6. The fourth-order valence-corrected chi connectivity index (χ4v) is 2.65. The zero-order valence-corrected chi connectivity index (χ0v) is 15.3. The van der Waals surface area contributed by atoms with Crippen LogP contribution in [0.2, 0.25) is 10.0 Å². The van der Waals surface area contributed by atoms with Crippen molar-refractivity contribution >= 4 is 35.1 Å². The fraction of sp³-hybridized carbons (Fsp3) is 0.0952. The Kier molecular flexibility index (Phi) is 5.75. The number of aliphatic imine (C=N–C) groups is 1. The third kappa shape index (κ3) is 4.85. The minimum absolute atomic E-state index is 0.439. The summed E-state index contributed by atoms with van der Waals surface area (Å²) >= 11 is 12.1. The summed E-state index contributed by atoms with van der Waals surface area (Å²) < 4.78 is 5.78. The van der Waals surface area contributed by atoms with Gasteiger partial charge in [0.15, 0.2) is 0 Å². The maximum Gasteiger partial charge on any atom is 0.119 e. The largest absolute Gasteiger partial charge is 0.489 e.